The summed E-state index contributed by atoms with van der Waals surface area (Å²) in [5, 5.41) is 0. The van der Waals surface area contributed by atoms with Crippen molar-refractivity contribution in [3.05, 3.63) is 35.9 Å². The minimum atomic E-state index is -0.344. The lowest BCUT2D eigenvalue weighted by Crippen LogP contribution is -2.48. The third-order valence-corrected chi connectivity index (χ3v) is 4.50. The lowest BCUT2D eigenvalue weighted by atomic mass is 10.0. The SMILES string of the molecule is CC1CN(C(=O)c2ccccc2)C2(CCCCCC2)O1. The van der Waals surface area contributed by atoms with Gasteiger partial charge in [-0.05, 0) is 44.7 Å². The fourth-order valence-corrected chi connectivity index (χ4v) is 3.57. The minimum absolute atomic E-state index is 0.122. The van der Waals surface area contributed by atoms with E-state index in [1.54, 1.807) is 0 Å². The Hall–Kier alpha value is -1.35. The van der Waals surface area contributed by atoms with E-state index in [4.69, 9.17) is 4.74 Å². The summed E-state index contributed by atoms with van der Waals surface area (Å²) in [6.45, 7) is 2.79. The Kier molecular flexibility index (Phi) is 3.79. The van der Waals surface area contributed by atoms with Crippen LogP contribution in [0.25, 0.3) is 0 Å². The maximum atomic E-state index is 12.8. The molecule has 1 unspecified atom stereocenters. The summed E-state index contributed by atoms with van der Waals surface area (Å²) in [6.07, 6.45) is 6.93. The van der Waals surface area contributed by atoms with Crippen LogP contribution in [0.15, 0.2) is 30.3 Å². The molecule has 1 aliphatic carbocycles. The zero-order valence-corrected chi connectivity index (χ0v) is 12.2. The summed E-state index contributed by atoms with van der Waals surface area (Å²) < 4.78 is 6.23. The zero-order valence-electron chi connectivity index (χ0n) is 12.2. The number of amides is 1. The van der Waals surface area contributed by atoms with Crippen LogP contribution in [0, 0.1) is 0 Å². The number of hydrogen-bond acceptors (Lipinski definition) is 2. The van der Waals surface area contributed by atoms with Crippen LogP contribution in [-0.4, -0.2) is 29.2 Å². The van der Waals surface area contributed by atoms with E-state index >= 15 is 0 Å². The van der Waals surface area contributed by atoms with E-state index in [9.17, 15) is 4.79 Å². The van der Waals surface area contributed by atoms with Crippen molar-refractivity contribution in [2.24, 2.45) is 0 Å². The van der Waals surface area contributed by atoms with Gasteiger partial charge in [0.15, 0.2) is 0 Å². The van der Waals surface area contributed by atoms with Crippen molar-refractivity contribution >= 4 is 5.91 Å². The summed E-state index contributed by atoms with van der Waals surface area (Å²) in [5.74, 6) is 0.122. The van der Waals surface area contributed by atoms with Gasteiger partial charge in [-0.3, -0.25) is 4.79 Å². The molecule has 3 rings (SSSR count). The molecule has 2 fully saturated rings. The van der Waals surface area contributed by atoms with Gasteiger partial charge < -0.3 is 9.64 Å². The first-order valence-electron chi connectivity index (χ1n) is 7.76. The summed E-state index contributed by atoms with van der Waals surface area (Å²) in [6, 6.07) is 9.59. The van der Waals surface area contributed by atoms with Crippen LogP contribution >= 0.6 is 0 Å². The van der Waals surface area contributed by atoms with E-state index in [1.807, 2.05) is 35.2 Å². The molecule has 1 saturated heterocycles. The average molecular weight is 273 g/mol. The standard InChI is InChI=1S/C17H23NO2/c1-14-13-18(16(19)15-9-5-4-6-10-15)17(20-14)11-7-2-3-8-12-17/h4-6,9-10,14H,2-3,7-8,11-13H2,1H3. The Morgan fingerprint density at radius 1 is 1.15 bits per heavy atom. The molecule has 108 valence electrons. The first kappa shape index (κ1) is 13.6. The first-order chi connectivity index (χ1) is 9.71. The molecule has 1 heterocycles. The number of carbonyl (C=O) groups excluding carboxylic acids is 1. The molecular weight excluding hydrogens is 250 g/mol. The average Bonchev–Trinajstić information content (AvgIpc) is 2.63. The van der Waals surface area contributed by atoms with Gasteiger partial charge in [0.25, 0.3) is 5.91 Å². The number of carbonyl (C=O) groups is 1. The van der Waals surface area contributed by atoms with E-state index in [0.717, 1.165) is 31.2 Å². The monoisotopic (exact) mass is 273 g/mol. The van der Waals surface area contributed by atoms with Crippen LogP contribution in [0.5, 0.6) is 0 Å². The van der Waals surface area contributed by atoms with Crippen molar-refractivity contribution in [3.8, 4) is 0 Å². The molecule has 0 aromatic heterocycles. The normalized spacial score (nSPS) is 25.6. The summed E-state index contributed by atoms with van der Waals surface area (Å²) in [7, 11) is 0. The van der Waals surface area contributed by atoms with Crippen molar-refractivity contribution in [2.45, 2.75) is 57.3 Å². The van der Waals surface area contributed by atoms with Gasteiger partial charge in [-0.2, -0.15) is 0 Å². The Bertz CT molecular complexity index is 463. The van der Waals surface area contributed by atoms with Crippen molar-refractivity contribution < 1.29 is 9.53 Å². The van der Waals surface area contributed by atoms with Crippen molar-refractivity contribution in [3.63, 3.8) is 0 Å². The minimum Gasteiger partial charge on any atom is -0.351 e. The van der Waals surface area contributed by atoms with E-state index in [1.165, 1.54) is 12.8 Å². The quantitative estimate of drug-likeness (QED) is 0.782. The highest BCUT2D eigenvalue weighted by Gasteiger charge is 2.47. The van der Waals surface area contributed by atoms with Crippen molar-refractivity contribution in [1.82, 2.24) is 4.90 Å². The maximum Gasteiger partial charge on any atom is 0.256 e. The van der Waals surface area contributed by atoms with Gasteiger partial charge in [0, 0.05) is 12.1 Å². The number of benzene rings is 1. The lowest BCUT2D eigenvalue weighted by molar-refractivity contribution is -0.0974. The topological polar surface area (TPSA) is 29.5 Å². The molecule has 3 heteroatoms. The van der Waals surface area contributed by atoms with E-state index in [-0.39, 0.29) is 17.7 Å². The molecule has 1 spiro atoms. The van der Waals surface area contributed by atoms with Crippen molar-refractivity contribution in [1.29, 1.82) is 0 Å². The molecule has 1 saturated carbocycles. The molecule has 0 N–H and O–H groups in total. The molecule has 1 aliphatic heterocycles. The highest BCUT2D eigenvalue weighted by molar-refractivity contribution is 5.94. The fraction of sp³-hybridized carbons (Fsp3) is 0.588. The van der Waals surface area contributed by atoms with Crippen LogP contribution in [-0.2, 0) is 4.74 Å². The molecule has 1 aromatic rings. The summed E-state index contributed by atoms with van der Waals surface area (Å²) in [5.41, 5.74) is 0.428. The Labute approximate surface area is 120 Å². The largest absolute Gasteiger partial charge is 0.351 e. The summed E-state index contributed by atoms with van der Waals surface area (Å²) >= 11 is 0. The zero-order chi connectivity index (χ0) is 14.0. The van der Waals surface area contributed by atoms with Crippen LogP contribution in [0.4, 0.5) is 0 Å². The second kappa shape index (κ2) is 5.57. The number of nitrogens with zero attached hydrogens (tertiary/aromatic N) is 1. The van der Waals surface area contributed by atoms with Gasteiger partial charge >= 0.3 is 0 Å². The second-order valence-corrected chi connectivity index (χ2v) is 6.07. The molecule has 0 radical (unpaired) electrons. The van der Waals surface area contributed by atoms with Crippen molar-refractivity contribution in [2.75, 3.05) is 6.54 Å². The smallest absolute Gasteiger partial charge is 0.256 e. The molecule has 1 amide bonds. The van der Waals surface area contributed by atoms with Crippen LogP contribution in [0.2, 0.25) is 0 Å². The highest BCUT2D eigenvalue weighted by atomic mass is 16.5. The third kappa shape index (κ3) is 2.47. The molecular formula is C17H23NO2. The van der Waals surface area contributed by atoms with Gasteiger partial charge in [-0.1, -0.05) is 31.0 Å². The lowest BCUT2D eigenvalue weighted by Gasteiger charge is -2.36. The maximum absolute atomic E-state index is 12.8. The summed E-state index contributed by atoms with van der Waals surface area (Å²) in [4.78, 5) is 14.8. The number of ether oxygens (including phenoxy) is 1. The third-order valence-electron chi connectivity index (χ3n) is 4.50. The Morgan fingerprint density at radius 3 is 2.45 bits per heavy atom. The Balaban J connectivity index is 1.88. The van der Waals surface area contributed by atoms with Gasteiger partial charge in [0.2, 0.25) is 0 Å². The predicted octanol–water partition coefficient (Wildman–Crippen LogP) is 3.60. The fourth-order valence-electron chi connectivity index (χ4n) is 3.57. The number of hydrogen-bond donors (Lipinski definition) is 0. The predicted molar refractivity (Wildman–Crippen MR) is 78.5 cm³/mol. The van der Waals surface area contributed by atoms with Crippen LogP contribution in [0.1, 0.15) is 55.8 Å². The molecule has 2 aliphatic rings. The van der Waals surface area contributed by atoms with E-state index < -0.39 is 0 Å². The van der Waals surface area contributed by atoms with Crippen LogP contribution in [0.3, 0.4) is 0 Å². The number of rotatable bonds is 1. The van der Waals surface area contributed by atoms with E-state index in [0.29, 0.717) is 6.54 Å². The first-order valence-corrected chi connectivity index (χ1v) is 7.76. The second-order valence-electron chi connectivity index (χ2n) is 6.07. The van der Waals surface area contributed by atoms with Gasteiger partial charge in [0.05, 0.1) is 6.10 Å². The van der Waals surface area contributed by atoms with Gasteiger partial charge in [-0.15, -0.1) is 0 Å². The molecule has 3 nitrogen and oxygen atoms in total. The Morgan fingerprint density at radius 2 is 1.80 bits per heavy atom. The highest BCUT2D eigenvalue weighted by Crippen LogP contribution is 2.39. The molecule has 1 atom stereocenters. The molecule has 20 heavy (non-hydrogen) atoms. The molecule has 0 bridgehead atoms. The van der Waals surface area contributed by atoms with Gasteiger partial charge in [-0.25, -0.2) is 0 Å². The van der Waals surface area contributed by atoms with E-state index in [2.05, 4.69) is 6.92 Å². The van der Waals surface area contributed by atoms with Gasteiger partial charge in [0.1, 0.15) is 5.72 Å². The molecule has 1 aromatic carbocycles. The van der Waals surface area contributed by atoms with Crippen LogP contribution < -0.4 is 0 Å².